The maximum atomic E-state index is 10.5. The molecular formula is C14H18O. The standard InChI is InChI=1S/C14H18O/c15-10-9-12-5-4-8-14(11-12)13-6-2-1-3-7-13/h4-5,8,10-11,13H,1-3,6-7,9H2. The van der Waals surface area contributed by atoms with E-state index in [0.717, 1.165) is 17.8 Å². The van der Waals surface area contributed by atoms with Crippen molar-refractivity contribution in [1.82, 2.24) is 0 Å². The molecule has 0 bridgehead atoms. The van der Waals surface area contributed by atoms with Crippen LogP contribution in [0.15, 0.2) is 24.3 Å². The molecule has 0 unspecified atom stereocenters. The van der Waals surface area contributed by atoms with Gasteiger partial charge in [-0.3, -0.25) is 0 Å². The second-order valence-electron chi connectivity index (χ2n) is 4.45. The fourth-order valence-electron chi connectivity index (χ4n) is 2.51. The third-order valence-corrected chi connectivity index (χ3v) is 3.35. The number of hydrogen-bond acceptors (Lipinski definition) is 1. The quantitative estimate of drug-likeness (QED) is 0.686. The van der Waals surface area contributed by atoms with Crippen molar-refractivity contribution >= 4 is 6.29 Å². The van der Waals surface area contributed by atoms with Crippen LogP contribution in [0.5, 0.6) is 0 Å². The van der Waals surface area contributed by atoms with Crippen LogP contribution in [0.3, 0.4) is 0 Å². The van der Waals surface area contributed by atoms with Crippen molar-refractivity contribution in [3.63, 3.8) is 0 Å². The van der Waals surface area contributed by atoms with Crippen molar-refractivity contribution in [2.24, 2.45) is 0 Å². The van der Waals surface area contributed by atoms with Gasteiger partial charge >= 0.3 is 0 Å². The summed E-state index contributed by atoms with van der Waals surface area (Å²) in [6.45, 7) is 0. The molecule has 0 aliphatic heterocycles. The van der Waals surface area contributed by atoms with E-state index in [4.69, 9.17) is 0 Å². The van der Waals surface area contributed by atoms with Crippen LogP contribution in [0, 0.1) is 0 Å². The van der Waals surface area contributed by atoms with Crippen LogP contribution in [0.1, 0.15) is 49.1 Å². The Hall–Kier alpha value is -1.11. The largest absolute Gasteiger partial charge is 0.303 e. The molecule has 0 radical (unpaired) electrons. The Morgan fingerprint density at radius 2 is 2.00 bits per heavy atom. The van der Waals surface area contributed by atoms with E-state index in [1.54, 1.807) is 0 Å². The van der Waals surface area contributed by atoms with E-state index in [2.05, 4.69) is 18.2 Å². The highest BCUT2D eigenvalue weighted by atomic mass is 16.1. The van der Waals surface area contributed by atoms with Gasteiger partial charge in [0.2, 0.25) is 0 Å². The zero-order valence-electron chi connectivity index (χ0n) is 9.11. The van der Waals surface area contributed by atoms with E-state index in [1.807, 2.05) is 6.07 Å². The first-order valence-corrected chi connectivity index (χ1v) is 5.92. The molecular weight excluding hydrogens is 184 g/mol. The summed E-state index contributed by atoms with van der Waals surface area (Å²) in [6, 6.07) is 8.55. The van der Waals surface area contributed by atoms with E-state index in [1.165, 1.54) is 37.7 Å². The second kappa shape index (κ2) is 5.11. The van der Waals surface area contributed by atoms with Gasteiger partial charge in [0.1, 0.15) is 6.29 Å². The van der Waals surface area contributed by atoms with Crippen molar-refractivity contribution in [2.45, 2.75) is 44.4 Å². The van der Waals surface area contributed by atoms with Gasteiger partial charge in [0.15, 0.2) is 0 Å². The van der Waals surface area contributed by atoms with Crippen LogP contribution < -0.4 is 0 Å². The van der Waals surface area contributed by atoms with Gasteiger partial charge in [0.25, 0.3) is 0 Å². The normalized spacial score (nSPS) is 17.6. The van der Waals surface area contributed by atoms with Crippen LogP contribution in [-0.4, -0.2) is 6.29 Å². The van der Waals surface area contributed by atoms with Crippen molar-refractivity contribution < 1.29 is 4.79 Å². The first-order chi connectivity index (χ1) is 7.40. The molecule has 15 heavy (non-hydrogen) atoms. The summed E-state index contributed by atoms with van der Waals surface area (Å²) in [4.78, 5) is 10.5. The van der Waals surface area contributed by atoms with Crippen molar-refractivity contribution in [2.75, 3.05) is 0 Å². The lowest BCUT2D eigenvalue weighted by atomic mass is 9.83. The van der Waals surface area contributed by atoms with Gasteiger partial charge in [0.05, 0.1) is 0 Å². The minimum absolute atomic E-state index is 0.556. The molecule has 1 aliphatic carbocycles. The number of rotatable bonds is 3. The number of hydrogen-bond donors (Lipinski definition) is 0. The topological polar surface area (TPSA) is 17.1 Å². The average Bonchev–Trinajstić information content (AvgIpc) is 2.31. The SMILES string of the molecule is O=CCc1cccc(C2CCCCC2)c1. The molecule has 1 heteroatoms. The number of benzene rings is 1. The van der Waals surface area contributed by atoms with Crippen molar-refractivity contribution in [1.29, 1.82) is 0 Å². The Kier molecular flexibility index (Phi) is 3.54. The van der Waals surface area contributed by atoms with Gasteiger partial charge in [-0.1, -0.05) is 43.5 Å². The van der Waals surface area contributed by atoms with Gasteiger partial charge in [-0.15, -0.1) is 0 Å². The van der Waals surface area contributed by atoms with E-state index >= 15 is 0 Å². The zero-order valence-corrected chi connectivity index (χ0v) is 9.11. The Labute approximate surface area is 91.5 Å². The van der Waals surface area contributed by atoms with Crippen LogP contribution in [0.2, 0.25) is 0 Å². The highest BCUT2D eigenvalue weighted by Crippen LogP contribution is 2.32. The predicted molar refractivity (Wildman–Crippen MR) is 62.0 cm³/mol. The Bertz CT molecular complexity index is 324. The molecule has 0 amide bonds. The lowest BCUT2D eigenvalue weighted by Crippen LogP contribution is -2.04. The molecule has 0 N–H and O–H groups in total. The van der Waals surface area contributed by atoms with Crippen LogP contribution >= 0.6 is 0 Å². The Morgan fingerprint density at radius 3 is 2.73 bits per heavy atom. The monoisotopic (exact) mass is 202 g/mol. The molecule has 1 aromatic rings. The smallest absolute Gasteiger partial charge is 0.124 e. The van der Waals surface area contributed by atoms with Gasteiger partial charge in [-0.25, -0.2) is 0 Å². The molecule has 1 nitrogen and oxygen atoms in total. The maximum absolute atomic E-state index is 10.5. The third-order valence-electron chi connectivity index (χ3n) is 3.35. The summed E-state index contributed by atoms with van der Waals surface area (Å²) >= 11 is 0. The molecule has 1 aliphatic rings. The second-order valence-corrected chi connectivity index (χ2v) is 4.45. The van der Waals surface area contributed by atoms with Gasteiger partial charge in [-0.05, 0) is 29.9 Å². The summed E-state index contributed by atoms with van der Waals surface area (Å²) in [5.74, 6) is 0.741. The van der Waals surface area contributed by atoms with Crippen LogP contribution in [-0.2, 0) is 11.2 Å². The first kappa shape index (κ1) is 10.4. The molecule has 1 saturated carbocycles. The van der Waals surface area contributed by atoms with Gasteiger partial charge < -0.3 is 4.79 Å². The van der Waals surface area contributed by atoms with Gasteiger partial charge in [0, 0.05) is 6.42 Å². The summed E-state index contributed by atoms with van der Waals surface area (Å²) < 4.78 is 0. The van der Waals surface area contributed by atoms with Crippen molar-refractivity contribution in [3.05, 3.63) is 35.4 Å². The third kappa shape index (κ3) is 2.68. The van der Waals surface area contributed by atoms with E-state index in [-0.39, 0.29) is 0 Å². The molecule has 1 fully saturated rings. The fraction of sp³-hybridized carbons (Fsp3) is 0.500. The molecule has 0 saturated heterocycles. The first-order valence-electron chi connectivity index (χ1n) is 5.92. The lowest BCUT2D eigenvalue weighted by molar-refractivity contribution is -0.107. The number of aldehydes is 1. The molecule has 0 atom stereocenters. The molecule has 0 aromatic heterocycles. The Balaban J connectivity index is 2.12. The van der Waals surface area contributed by atoms with Gasteiger partial charge in [-0.2, -0.15) is 0 Å². The van der Waals surface area contributed by atoms with Crippen molar-refractivity contribution in [3.8, 4) is 0 Å². The number of carbonyl (C=O) groups is 1. The van der Waals surface area contributed by atoms with E-state index < -0.39 is 0 Å². The average molecular weight is 202 g/mol. The minimum atomic E-state index is 0.556. The highest BCUT2D eigenvalue weighted by Gasteiger charge is 2.15. The van der Waals surface area contributed by atoms with E-state index in [9.17, 15) is 4.79 Å². The zero-order chi connectivity index (χ0) is 10.5. The molecule has 0 heterocycles. The molecule has 1 aromatic carbocycles. The summed E-state index contributed by atoms with van der Waals surface area (Å²) in [6.07, 6.45) is 8.31. The Morgan fingerprint density at radius 1 is 1.20 bits per heavy atom. The van der Waals surface area contributed by atoms with Crippen LogP contribution in [0.4, 0.5) is 0 Å². The molecule has 0 spiro atoms. The highest BCUT2D eigenvalue weighted by molar-refractivity contribution is 5.55. The summed E-state index contributed by atoms with van der Waals surface area (Å²) in [7, 11) is 0. The van der Waals surface area contributed by atoms with E-state index in [0.29, 0.717) is 6.42 Å². The maximum Gasteiger partial charge on any atom is 0.124 e. The molecule has 80 valence electrons. The predicted octanol–water partition coefficient (Wildman–Crippen LogP) is 3.48. The lowest BCUT2D eigenvalue weighted by Gasteiger charge is -2.22. The van der Waals surface area contributed by atoms with Crippen LogP contribution in [0.25, 0.3) is 0 Å². The number of carbonyl (C=O) groups excluding carboxylic acids is 1. The minimum Gasteiger partial charge on any atom is -0.303 e. The fourth-order valence-corrected chi connectivity index (χ4v) is 2.51. The molecule has 2 rings (SSSR count). The summed E-state index contributed by atoms with van der Waals surface area (Å²) in [5, 5.41) is 0. The summed E-state index contributed by atoms with van der Waals surface area (Å²) in [5.41, 5.74) is 2.60.